The number of hydrogen-bond acceptors (Lipinski definition) is 4. The molecule has 2 aromatic carbocycles. The smallest absolute Gasteiger partial charge is 0.407 e. The standard InChI is InChI=1S/C27H30N2O5/c30-25(29-15-5-10-24(29)26(31)32)17-11-13-18(14-12-17)28-27(33)34-16-23-21-8-3-1-6-19(21)20-7-2-4-9-22(20)23/h1-4,6-9,17-18,23-24H,5,10-16H2,(H,28,33)(H,31,32). The van der Waals surface area contributed by atoms with E-state index in [1.807, 2.05) is 24.3 Å². The van der Waals surface area contributed by atoms with Crippen LogP contribution >= 0.6 is 0 Å². The van der Waals surface area contributed by atoms with E-state index in [9.17, 15) is 19.5 Å². The van der Waals surface area contributed by atoms with Crippen molar-refractivity contribution < 1.29 is 24.2 Å². The number of carbonyl (C=O) groups is 3. The van der Waals surface area contributed by atoms with E-state index in [1.165, 1.54) is 27.2 Å². The molecule has 34 heavy (non-hydrogen) atoms. The molecule has 2 N–H and O–H groups in total. The zero-order valence-corrected chi connectivity index (χ0v) is 19.1. The lowest BCUT2D eigenvalue weighted by Gasteiger charge is -2.32. The third kappa shape index (κ3) is 4.27. The molecule has 5 rings (SSSR count). The number of rotatable bonds is 5. The molecule has 7 nitrogen and oxygen atoms in total. The number of benzene rings is 2. The number of hydrogen-bond donors (Lipinski definition) is 2. The van der Waals surface area contributed by atoms with E-state index in [0.717, 1.165) is 6.42 Å². The van der Waals surface area contributed by atoms with Crippen LogP contribution in [0.4, 0.5) is 4.79 Å². The third-order valence-corrected chi connectivity index (χ3v) is 7.56. The fourth-order valence-electron chi connectivity index (χ4n) is 5.81. The van der Waals surface area contributed by atoms with Crippen LogP contribution in [-0.4, -0.2) is 53.2 Å². The van der Waals surface area contributed by atoms with Crippen LogP contribution in [0, 0.1) is 5.92 Å². The van der Waals surface area contributed by atoms with Crippen LogP contribution in [0.1, 0.15) is 55.6 Å². The van der Waals surface area contributed by atoms with Gasteiger partial charge in [-0.1, -0.05) is 48.5 Å². The minimum atomic E-state index is -0.920. The van der Waals surface area contributed by atoms with Gasteiger partial charge in [0.2, 0.25) is 5.91 Å². The molecule has 0 bridgehead atoms. The fraction of sp³-hybridized carbons (Fsp3) is 0.444. The first-order chi connectivity index (χ1) is 16.5. The number of nitrogens with one attached hydrogen (secondary N) is 1. The van der Waals surface area contributed by atoms with E-state index in [1.54, 1.807) is 0 Å². The van der Waals surface area contributed by atoms with Gasteiger partial charge in [0.05, 0.1) is 0 Å². The highest BCUT2D eigenvalue weighted by Gasteiger charge is 2.38. The van der Waals surface area contributed by atoms with Crippen molar-refractivity contribution in [1.82, 2.24) is 10.2 Å². The molecular weight excluding hydrogens is 432 g/mol. The molecule has 1 saturated carbocycles. The molecule has 0 aromatic heterocycles. The summed E-state index contributed by atoms with van der Waals surface area (Å²) in [5, 5.41) is 12.3. The van der Waals surface area contributed by atoms with E-state index < -0.39 is 18.1 Å². The average molecular weight is 463 g/mol. The summed E-state index contributed by atoms with van der Waals surface area (Å²) < 4.78 is 5.65. The predicted octanol–water partition coefficient (Wildman–Crippen LogP) is 4.16. The molecule has 2 fully saturated rings. The second-order valence-electron chi connectivity index (χ2n) is 9.55. The molecule has 7 heteroatoms. The number of aliphatic carboxylic acids is 1. The van der Waals surface area contributed by atoms with Gasteiger partial charge in [-0.3, -0.25) is 4.79 Å². The Balaban J connectivity index is 1.12. The largest absolute Gasteiger partial charge is 0.480 e. The van der Waals surface area contributed by atoms with Gasteiger partial charge in [0, 0.05) is 24.4 Å². The van der Waals surface area contributed by atoms with Crippen LogP contribution in [0.25, 0.3) is 11.1 Å². The summed E-state index contributed by atoms with van der Waals surface area (Å²) in [6.07, 6.45) is 3.51. The van der Waals surface area contributed by atoms with Gasteiger partial charge in [0.25, 0.3) is 0 Å². The Labute approximate surface area is 199 Å². The summed E-state index contributed by atoms with van der Waals surface area (Å²) in [4.78, 5) is 38.4. The van der Waals surface area contributed by atoms with Crippen LogP contribution in [0.2, 0.25) is 0 Å². The summed E-state index contributed by atoms with van der Waals surface area (Å²) >= 11 is 0. The topological polar surface area (TPSA) is 95.9 Å². The molecule has 0 spiro atoms. The Morgan fingerprint density at radius 1 is 0.912 bits per heavy atom. The zero-order chi connectivity index (χ0) is 23.7. The summed E-state index contributed by atoms with van der Waals surface area (Å²) in [5.74, 6) is -1.12. The fourth-order valence-corrected chi connectivity index (χ4v) is 5.81. The first kappa shape index (κ1) is 22.4. The number of alkyl carbamates (subject to hydrolysis) is 1. The Bertz CT molecular complexity index is 1050. The van der Waals surface area contributed by atoms with E-state index in [4.69, 9.17) is 4.74 Å². The molecular formula is C27H30N2O5. The molecule has 178 valence electrons. The SMILES string of the molecule is O=C(NC1CCC(C(=O)N2CCCC2C(=O)O)CC1)OCC1c2ccccc2-c2ccccc21. The maximum atomic E-state index is 12.8. The van der Waals surface area contributed by atoms with Gasteiger partial charge in [-0.15, -0.1) is 0 Å². The number of likely N-dealkylation sites (tertiary alicyclic amines) is 1. The molecule has 2 amide bonds. The average Bonchev–Trinajstić information content (AvgIpc) is 3.46. The molecule has 2 aliphatic carbocycles. The van der Waals surface area contributed by atoms with Crippen molar-refractivity contribution >= 4 is 18.0 Å². The molecule has 3 aliphatic rings. The Morgan fingerprint density at radius 2 is 1.53 bits per heavy atom. The minimum absolute atomic E-state index is 0.0224. The number of carbonyl (C=O) groups excluding carboxylic acids is 2. The second-order valence-corrected chi connectivity index (χ2v) is 9.55. The summed E-state index contributed by atoms with van der Waals surface area (Å²) in [7, 11) is 0. The van der Waals surface area contributed by atoms with Crippen molar-refractivity contribution in [2.45, 2.75) is 56.5 Å². The number of carboxylic acid groups (broad SMARTS) is 1. The Hall–Kier alpha value is -3.35. The highest BCUT2D eigenvalue weighted by molar-refractivity contribution is 5.85. The monoisotopic (exact) mass is 462 g/mol. The van der Waals surface area contributed by atoms with E-state index in [-0.39, 0.29) is 30.4 Å². The van der Waals surface area contributed by atoms with Crippen LogP contribution in [0.15, 0.2) is 48.5 Å². The van der Waals surface area contributed by atoms with Gasteiger partial charge in [-0.05, 0) is 60.8 Å². The predicted molar refractivity (Wildman–Crippen MR) is 126 cm³/mol. The van der Waals surface area contributed by atoms with E-state index in [2.05, 4.69) is 29.6 Å². The quantitative estimate of drug-likeness (QED) is 0.696. The molecule has 1 unspecified atom stereocenters. The molecule has 1 atom stereocenters. The number of carboxylic acids is 1. The molecule has 2 aromatic rings. The van der Waals surface area contributed by atoms with Crippen molar-refractivity contribution in [2.75, 3.05) is 13.2 Å². The van der Waals surface area contributed by atoms with Crippen LogP contribution in [-0.2, 0) is 14.3 Å². The highest BCUT2D eigenvalue weighted by atomic mass is 16.5. The maximum Gasteiger partial charge on any atom is 0.407 e. The lowest BCUT2D eigenvalue weighted by atomic mass is 9.85. The zero-order valence-electron chi connectivity index (χ0n) is 19.1. The first-order valence-electron chi connectivity index (χ1n) is 12.2. The van der Waals surface area contributed by atoms with Crippen molar-refractivity contribution in [3.63, 3.8) is 0 Å². The molecule has 1 aliphatic heterocycles. The second kappa shape index (κ2) is 9.49. The number of fused-ring (bicyclic) bond motifs is 3. The minimum Gasteiger partial charge on any atom is -0.480 e. The Kier molecular flexibility index (Phi) is 6.26. The number of amides is 2. The third-order valence-electron chi connectivity index (χ3n) is 7.56. The van der Waals surface area contributed by atoms with Gasteiger partial charge in [0.15, 0.2) is 0 Å². The lowest BCUT2D eigenvalue weighted by molar-refractivity contribution is -0.150. The number of ether oxygens (including phenoxy) is 1. The van der Waals surface area contributed by atoms with Crippen molar-refractivity contribution in [3.05, 3.63) is 59.7 Å². The summed E-state index contributed by atoms with van der Waals surface area (Å²) in [6, 6.07) is 15.7. The van der Waals surface area contributed by atoms with Crippen LogP contribution in [0.3, 0.4) is 0 Å². The molecule has 0 radical (unpaired) electrons. The van der Waals surface area contributed by atoms with Gasteiger partial charge in [-0.25, -0.2) is 9.59 Å². The normalized spacial score (nSPS) is 23.8. The number of nitrogens with zero attached hydrogens (tertiary/aromatic N) is 1. The molecule has 1 heterocycles. The van der Waals surface area contributed by atoms with Crippen molar-refractivity contribution in [2.24, 2.45) is 5.92 Å². The van der Waals surface area contributed by atoms with Gasteiger partial charge in [-0.2, -0.15) is 0 Å². The summed E-state index contributed by atoms with van der Waals surface area (Å²) in [6.45, 7) is 0.799. The highest BCUT2D eigenvalue weighted by Crippen LogP contribution is 2.44. The van der Waals surface area contributed by atoms with Gasteiger partial charge >= 0.3 is 12.1 Å². The van der Waals surface area contributed by atoms with Crippen molar-refractivity contribution in [1.29, 1.82) is 0 Å². The lowest BCUT2D eigenvalue weighted by Crippen LogP contribution is -2.46. The van der Waals surface area contributed by atoms with Crippen molar-refractivity contribution in [3.8, 4) is 11.1 Å². The van der Waals surface area contributed by atoms with Crippen LogP contribution in [0.5, 0.6) is 0 Å². The Morgan fingerprint density at radius 3 is 2.15 bits per heavy atom. The van der Waals surface area contributed by atoms with Crippen LogP contribution < -0.4 is 5.32 Å². The van der Waals surface area contributed by atoms with E-state index in [0.29, 0.717) is 38.6 Å². The van der Waals surface area contributed by atoms with Gasteiger partial charge < -0.3 is 20.1 Å². The first-order valence-corrected chi connectivity index (χ1v) is 12.2. The van der Waals surface area contributed by atoms with Gasteiger partial charge in [0.1, 0.15) is 12.6 Å². The molecule has 1 saturated heterocycles. The van der Waals surface area contributed by atoms with E-state index >= 15 is 0 Å². The summed E-state index contributed by atoms with van der Waals surface area (Å²) in [5.41, 5.74) is 4.74. The maximum absolute atomic E-state index is 12.8.